The van der Waals surface area contributed by atoms with Gasteiger partial charge in [0.15, 0.2) is 0 Å². The van der Waals surface area contributed by atoms with Crippen LogP contribution in [0.15, 0.2) is 47.5 Å². The normalized spacial score (nSPS) is 11.1. The van der Waals surface area contributed by atoms with Gasteiger partial charge in [-0.25, -0.2) is 13.4 Å². The average Bonchev–Trinajstić information content (AvgIpc) is 2.48. The number of aliphatic hydroxyl groups excluding tert-OH is 1. The maximum atomic E-state index is 12.3. The maximum Gasteiger partial charge on any atom is 0.263 e. The van der Waals surface area contributed by atoms with Crippen LogP contribution >= 0.6 is 0 Å². The molecule has 0 aliphatic carbocycles. The first-order chi connectivity index (χ1) is 10.1. The van der Waals surface area contributed by atoms with Crippen molar-refractivity contribution in [1.29, 1.82) is 0 Å². The number of benzene rings is 1. The molecule has 2 N–H and O–H groups in total. The van der Waals surface area contributed by atoms with E-state index in [9.17, 15) is 13.5 Å². The van der Waals surface area contributed by atoms with E-state index in [2.05, 4.69) is 9.71 Å². The number of sulfonamides is 1. The topological polar surface area (TPSA) is 88.5 Å². The molecule has 0 bridgehead atoms. The molecule has 0 atom stereocenters. The van der Waals surface area contributed by atoms with E-state index in [0.29, 0.717) is 17.9 Å². The molecule has 112 valence electrons. The Balaban J connectivity index is 2.25. The van der Waals surface area contributed by atoms with Crippen molar-refractivity contribution < 1.29 is 18.3 Å². The summed E-state index contributed by atoms with van der Waals surface area (Å²) >= 11 is 0. The minimum absolute atomic E-state index is 0.0977. The summed E-state index contributed by atoms with van der Waals surface area (Å²) in [6, 6.07) is 9.31. The average molecular weight is 308 g/mol. The molecule has 0 unspecified atom stereocenters. The molecule has 0 amide bonds. The molecule has 0 aliphatic rings. The molecule has 2 aromatic rings. The molecule has 1 heterocycles. The van der Waals surface area contributed by atoms with Gasteiger partial charge in [-0.3, -0.25) is 4.72 Å². The highest BCUT2D eigenvalue weighted by molar-refractivity contribution is 7.92. The molecule has 0 saturated heterocycles. The van der Waals surface area contributed by atoms with E-state index in [1.54, 1.807) is 24.3 Å². The highest BCUT2D eigenvalue weighted by atomic mass is 32.2. The second kappa shape index (κ2) is 6.55. The molecule has 0 saturated carbocycles. The number of aromatic nitrogens is 1. The van der Waals surface area contributed by atoms with E-state index in [4.69, 9.17) is 4.74 Å². The molecule has 0 aliphatic heterocycles. The fourth-order valence-corrected chi connectivity index (χ4v) is 2.78. The lowest BCUT2D eigenvalue weighted by atomic mass is 10.3. The molecular formula is C14H16N2O4S. The van der Waals surface area contributed by atoms with Crippen LogP contribution in [-0.4, -0.2) is 25.1 Å². The summed E-state index contributed by atoms with van der Waals surface area (Å²) < 4.78 is 32.2. The van der Waals surface area contributed by atoms with Crippen LogP contribution in [-0.2, 0) is 16.6 Å². The zero-order valence-corrected chi connectivity index (χ0v) is 12.3. The summed E-state index contributed by atoms with van der Waals surface area (Å²) in [5.41, 5.74) is 0.409. The Kier molecular flexibility index (Phi) is 4.77. The second-order valence-electron chi connectivity index (χ2n) is 4.18. The summed E-state index contributed by atoms with van der Waals surface area (Å²) in [5.74, 6) is 0.721. The molecule has 0 fully saturated rings. The van der Waals surface area contributed by atoms with Crippen LogP contribution in [0, 0.1) is 0 Å². The standard InChI is InChI=1S/C14H16N2O4S/c1-2-20-12-5-7-13(8-6-12)21(18,19)16-14-11(10-17)4-3-9-15-14/h3-9,17H,2,10H2,1H3,(H,15,16). The van der Waals surface area contributed by atoms with E-state index in [1.165, 1.54) is 18.3 Å². The summed E-state index contributed by atoms with van der Waals surface area (Å²) in [6.07, 6.45) is 1.45. The lowest BCUT2D eigenvalue weighted by Crippen LogP contribution is -2.15. The van der Waals surface area contributed by atoms with Crippen LogP contribution in [0.25, 0.3) is 0 Å². The largest absolute Gasteiger partial charge is 0.494 e. The molecule has 1 aromatic carbocycles. The van der Waals surface area contributed by atoms with Crippen molar-refractivity contribution >= 4 is 15.8 Å². The highest BCUT2D eigenvalue weighted by Gasteiger charge is 2.16. The number of hydrogen-bond donors (Lipinski definition) is 2. The quantitative estimate of drug-likeness (QED) is 0.849. The molecular weight excluding hydrogens is 292 g/mol. The van der Waals surface area contributed by atoms with Crippen LogP contribution in [0.4, 0.5) is 5.82 Å². The predicted molar refractivity (Wildman–Crippen MR) is 78.6 cm³/mol. The van der Waals surface area contributed by atoms with E-state index < -0.39 is 10.0 Å². The van der Waals surface area contributed by atoms with Gasteiger partial charge in [0.2, 0.25) is 0 Å². The molecule has 7 heteroatoms. The third-order valence-electron chi connectivity index (χ3n) is 2.74. The van der Waals surface area contributed by atoms with Gasteiger partial charge < -0.3 is 9.84 Å². The number of aliphatic hydroxyl groups is 1. The summed E-state index contributed by atoms with van der Waals surface area (Å²) in [4.78, 5) is 4.03. The first-order valence-corrected chi connectivity index (χ1v) is 7.85. The number of nitrogens with one attached hydrogen (secondary N) is 1. The van der Waals surface area contributed by atoms with Crippen LogP contribution in [0.5, 0.6) is 5.75 Å². The van der Waals surface area contributed by atoms with Crippen LogP contribution < -0.4 is 9.46 Å². The fraction of sp³-hybridized carbons (Fsp3) is 0.214. The van der Waals surface area contributed by atoms with Crippen molar-refractivity contribution in [1.82, 2.24) is 4.98 Å². The molecule has 2 rings (SSSR count). The first kappa shape index (κ1) is 15.3. The molecule has 21 heavy (non-hydrogen) atoms. The van der Waals surface area contributed by atoms with Gasteiger partial charge >= 0.3 is 0 Å². The summed E-state index contributed by atoms with van der Waals surface area (Å²) in [6.45, 7) is 2.07. The Morgan fingerprint density at radius 3 is 2.57 bits per heavy atom. The van der Waals surface area contributed by atoms with Gasteiger partial charge in [-0.2, -0.15) is 0 Å². The van der Waals surface area contributed by atoms with Gasteiger partial charge in [-0.05, 0) is 37.3 Å². The monoisotopic (exact) mass is 308 g/mol. The Bertz CT molecular complexity index is 699. The summed E-state index contributed by atoms with van der Waals surface area (Å²) in [5, 5.41) is 9.19. The van der Waals surface area contributed by atoms with Crippen molar-refractivity contribution in [2.45, 2.75) is 18.4 Å². The van der Waals surface area contributed by atoms with Crippen LogP contribution in [0.3, 0.4) is 0 Å². The maximum absolute atomic E-state index is 12.3. The molecule has 1 aromatic heterocycles. The Morgan fingerprint density at radius 1 is 1.24 bits per heavy atom. The molecule has 6 nitrogen and oxygen atoms in total. The van der Waals surface area contributed by atoms with Gasteiger partial charge in [-0.15, -0.1) is 0 Å². The minimum Gasteiger partial charge on any atom is -0.494 e. The van der Waals surface area contributed by atoms with Crippen molar-refractivity contribution in [2.75, 3.05) is 11.3 Å². The SMILES string of the molecule is CCOc1ccc(S(=O)(=O)Nc2ncccc2CO)cc1. The molecule has 0 radical (unpaired) electrons. The predicted octanol–water partition coefficient (Wildman–Crippen LogP) is 1.77. The minimum atomic E-state index is -3.76. The van der Waals surface area contributed by atoms with E-state index >= 15 is 0 Å². The number of hydrogen-bond acceptors (Lipinski definition) is 5. The second-order valence-corrected chi connectivity index (χ2v) is 5.86. The Hall–Kier alpha value is -2.12. The number of rotatable bonds is 6. The van der Waals surface area contributed by atoms with Gasteiger partial charge in [0.1, 0.15) is 11.6 Å². The van der Waals surface area contributed by atoms with Crippen molar-refractivity contribution in [3.8, 4) is 5.75 Å². The van der Waals surface area contributed by atoms with E-state index in [1.807, 2.05) is 6.92 Å². The van der Waals surface area contributed by atoms with Gasteiger partial charge in [-0.1, -0.05) is 6.07 Å². The number of pyridine rings is 1. The van der Waals surface area contributed by atoms with Crippen LogP contribution in [0.2, 0.25) is 0 Å². The smallest absolute Gasteiger partial charge is 0.263 e. The van der Waals surface area contributed by atoms with Crippen molar-refractivity contribution in [2.24, 2.45) is 0 Å². The lowest BCUT2D eigenvalue weighted by molar-refractivity contribution is 0.282. The van der Waals surface area contributed by atoms with Gasteiger partial charge in [0, 0.05) is 11.8 Å². The number of anilines is 1. The molecule has 0 spiro atoms. The zero-order valence-electron chi connectivity index (χ0n) is 11.5. The Labute approximate surface area is 123 Å². The first-order valence-electron chi connectivity index (χ1n) is 6.37. The highest BCUT2D eigenvalue weighted by Crippen LogP contribution is 2.20. The number of nitrogens with zero attached hydrogens (tertiary/aromatic N) is 1. The third-order valence-corrected chi connectivity index (χ3v) is 4.09. The van der Waals surface area contributed by atoms with Gasteiger partial charge in [0.25, 0.3) is 10.0 Å². The lowest BCUT2D eigenvalue weighted by Gasteiger charge is -2.10. The van der Waals surface area contributed by atoms with E-state index in [0.717, 1.165) is 0 Å². The summed E-state index contributed by atoms with van der Waals surface area (Å²) in [7, 11) is -3.76. The van der Waals surface area contributed by atoms with Gasteiger partial charge in [0.05, 0.1) is 18.1 Å². The Morgan fingerprint density at radius 2 is 1.95 bits per heavy atom. The van der Waals surface area contributed by atoms with E-state index in [-0.39, 0.29) is 17.3 Å². The number of ether oxygens (including phenoxy) is 1. The van der Waals surface area contributed by atoms with Crippen molar-refractivity contribution in [3.05, 3.63) is 48.2 Å². The van der Waals surface area contributed by atoms with Crippen molar-refractivity contribution in [3.63, 3.8) is 0 Å². The van der Waals surface area contributed by atoms with Crippen LogP contribution in [0.1, 0.15) is 12.5 Å². The third kappa shape index (κ3) is 3.71. The zero-order chi connectivity index (χ0) is 15.3. The fourth-order valence-electron chi connectivity index (χ4n) is 1.73.